The maximum absolute atomic E-state index is 3.56. The molecule has 0 fully saturated rings. The van der Waals surface area contributed by atoms with Crippen LogP contribution in [0.4, 0.5) is 5.69 Å². The molecule has 0 amide bonds. The summed E-state index contributed by atoms with van der Waals surface area (Å²) in [7, 11) is 2.26. The molecule has 0 saturated heterocycles. The van der Waals surface area contributed by atoms with E-state index in [1.54, 1.807) is 0 Å². The minimum atomic E-state index is 0.325. The molecule has 1 aromatic carbocycles. The standard InChI is InChI=1S/C16H26N2/c1-12(16(2,3)4)18(5)14-10-13-8-6-7-9-15(13)17-11-14/h6-9,12,14,17H,10-11H2,1-5H3. The van der Waals surface area contributed by atoms with Crippen LogP contribution in [0.5, 0.6) is 0 Å². The molecule has 1 heterocycles. The monoisotopic (exact) mass is 246 g/mol. The van der Waals surface area contributed by atoms with E-state index in [0.29, 0.717) is 17.5 Å². The third-order valence-electron chi connectivity index (χ3n) is 4.44. The molecule has 2 heteroatoms. The van der Waals surface area contributed by atoms with Gasteiger partial charge in [-0.3, -0.25) is 4.90 Å². The summed E-state index contributed by atoms with van der Waals surface area (Å²) in [5.74, 6) is 0. The average Bonchev–Trinajstić information content (AvgIpc) is 2.35. The lowest BCUT2D eigenvalue weighted by Crippen LogP contribution is -2.50. The predicted molar refractivity (Wildman–Crippen MR) is 79.1 cm³/mol. The first-order chi connectivity index (χ1) is 8.39. The van der Waals surface area contributed by atoms with E-state index < -0.39 is 0 Å². The zero-order chi connectivity index (χ0) is 13.3. The van der Waals surface area contributed by atoms with Crippen LogP contribution in [-0.4, -0.2) is 30.6 Å². The van der Waals surface area contributed by atoms with Crippen LogP contribution in [0.25, 0.3) is 0 Å². The van der Waals surface area contributed by atoms with Gasteiger partial charge in [0.2, 0.25) is 0 Å². The van der Waals surface area contributed by atoms with E-state index in [4.69, 9.17) is 0 Å². The Bertz CT molecular complexity index is 406. The average molecular weight is 246 g/mol. The van der Waals surface area contributed by atoms with Crippen LogP contribution in [0, 0.1) is 5.41 Å². The minimum absolute atomic E-state index is 0.325. The number of benzene rings is 1. The van der Waals surface area contributed by atoms with Gasteiger partial charge < -0.3 is 5.32 Å². The van der Waals surface area contributed by atoms with Crippen molar-refractivity contribution < 1.29 is 0 Å². The molecule has 2 atom stereocenters. The predicted octanol–water partition coefficient (Wildman–Crippen LogP) is 3.39. The minimum Gasteiger partial charge on any atom is -0.383 e. The van der Waals surface area contributed by atoms with Crippen molar-refractivity contribution in [2.75, 3.05) is 18.9 Å². The molecule has 0 aliphatic carbocycles. The molecule has 0 saturated carbocycles. The summed E-state index contributed by atoms with van der Waals surface area (Å²) in [6, 6.07) is 9.83. The molecule has 0 aromatic heterocycles. The van der Waals surface area contributed by atoms with Gasteiger partial charge in [-0.05, 0) is 37.4 Å². The summed E-state index contributed by atoms with van der Waals surface area (Å²) in [6.45, 7) is 10.3. The van der Waals surface area contributed by atoms with Crippen molar-refractivity contribution in [2.45, 2.75) is 46.2 Å². The van der Waals surface area contributed by atoms with Crippen LogP contribution in [0.15, 0.2) is 24.3 Å². The van der Waals surface area contributed by atoms with Crippen LogP contribution >= 0.6 is 0 Å². The quantitative estimate of drug-likeness (QED) is 0.860. The first-order valence-electron chi connectivity index (χ1n) is 6.93. The number of para-hydroxylation sites is 1. The van der Waals surface area contributed by atoms with Gasteiger partial charge in [0.15, 0.2) is 0 Å². The molecule has 0 bridgehead atoms. The molecule has 0 spiro atoms. The van der Waals surface area contributed by atoms with Gasteiger partial charge in [-0.1, -0.05) is 39.0 Å². The van der Waals surface area contributed by atoms with Gasteiger partial charge in [-0.25, -0.2) is 0 Å². The first-order valence-corrected chi connectivity index (χ1v) is 6.93. The molecule has 18 heavy (non-hydrogen) atoms. The largest absolute Gasteiger partial charge is 0.383 e. The Kier molecular flexibility index (Phi) is 3.67. The third kappa shape index (κ3) is 2.69. The van der Waals surface area contributed by atoms with E-state index in [1.165, 1.54) is 11.3 Å². The van der Waals surface area contributed by atoms with Crippen molar-refractivity contribution in [1.29, 1.82) is 0 Å². The van der Waals surface area contributed by atoms with Crippen LogP contribution in [0.2, 0.25) is 0 Å². The molecule has 1 N–H and O–H groups in total. The lowest BCUT2D eigenvalue weighted by Gasteiger charge is -2.42. The lowest BCUT2D eigenvalue weighted by atomic mass is 9.85. The van der Waals surface area contributed by atoms with Gasteiger partial charge in [-0.15, -0.1) is 0 Å². The number of rotatable bonds is 2. The Hall–Kier alpha value is -1.02. The van der Waals surface area contributed by atoms with Crippen molar-refractivity contribution in [2.24, 2.45) is 5.41 Å². The van der Waals surface area contributed by atoms with Gasteiger partial charge >= 0.3 is 0 Å². The van der Waals surface area contributed by atoms with Crippen molar-refractivity contribution in [3.8, 4) is 0 Å². The van der Waals surface area contributed by atoms with E-state index in [2.05, 4.69) is 69.2 Å². The fourth-order valence-corrected chi connectivity index (χ4v) is 2.64. The Labute approximate surface area is 111 Å². The number of nitrogens with one attached hydrogen (secondary N) is 1. The fraction of sp³-hybridized carbons (Fsp3) is 0.625. The van der Waals surface area contributed by atoms with Crippen molar-refractivity contribution >= 4 is 5.69 Å². The zero-order valence-electron chi connectivity index (χ0n) is 12.3. The molecular weight excluding hydrogens is 220 g/mol. The summed E-state index contributed by atoms with van der Waals surface area (Å²) in [5, 5.41) is 3.56. The molecular formula is C16H26N2. The highest BCUT2D eigenvalue weighted by molar-refractivity contribution is 5.53. The summed E-state index contributed by atoms with van der Waals surface area (Å²) < 4.78 is 0. The van der Waals surface area contributed by atoms with E-state index in [-0.39, 0.29) is 0 Å². The highest BCUT2D eigenvalue weighted by Crippen LogP contribution is 2.28. The van der Waals surface area contributed by atoms with Crippen molar-refractivity contribution in [3.63, 3.8) is 0 Å². The Morgan fingerprint density at radius 2 is 1.94 bits per heavy atom. The first kappa shape index (κ1) is 13.4. The van der Waals surface area contributed by atoms with Gasteiger partial charge in [0.05, 0.1) is 0 Å². The van der Waals surface area contributed by atoms with Crippen molar-refractivity contribution in [3.05, 3.63) is 29.8 Å². The molecule has 2 unspecified atom stereocenters. The highest BCUT2D eigenvalue weighted by Gasteiger charge is 2.30. The van der Waals surface area contributed by atoms with Crippen LogP contribution in [0.3, 0.4) is 0 Å². The molecule has 2 rings (SSSR count). The van der Waals surface area contributed by atoms with Gasteiger partial charge in [-0.2, -0.15) is 0 Å². The summed E-state index contributed by atoms with van der Waals surface area (Å²) in [5.41, 5.74) is 3.08. The number of hydrogen-bond acceptors (Lipinski definition) is 2. The fourth-order valence-electron chi connectivity index (χ4n) is 2.64. The van der Waals surface area contributed by atoms with Crippen LogP contribution < -0.4 is 5.32 Å². The number of fused-ring (bicyclic) bond motifs is 1. The molecule has 100 valence electrons. The Balaban J connectivity index is 2.09. The summed E-state index contributed by atoms with van der Waals surface area (Å²) >= 11 is 0. The topological polar surface area (TPSA) is 15.3 Å². The Morgan fingerprint density at radius 1 is 1.28 bits per heavy atom. The van der Waals surface area contributed by atoms with Gasteiger partial charge in [0.1, 0.15) is 0 Å². The molecule has 0 radical (unpaired) electrons. The number of nitrogens with zero attached hydrogens (tertiary/aromatic N) is 1. The van der Waals surface area contributed by atoms with Gasteiger partial charge in [0, 0.05) is 24.3 Å². The maximum atomic E-state index is 3.56. The van der Waals surface area contributed by atoms with E-state index in [0.717, 1.165) is 13.0 Å². The Morgan fingerprint density at radius 3 is 2.61 bits per heavy atom. The van der Waals surface area contributed by atoms with Crippen LogP contribution in [-0.2, 0) is 6.42 Å². The number of anilines is 1. The normalized spacial score (nSPS) is 21.3. The van der Waals surface area contributed by atoms with E-state index >= 15 is 0 Å². The number of likely N-dealkylation sites (N-methyl/N-ethyl adjacent to an activating group) is 1. The summed E-state index contributed by atoms with van der Waals surface area (Å²) in [6.07, 6.45) is 1.15. The second kappa shape index (κ2) is 4.93. The van der Waals surface area contributed by atoms with E-state index in [1.807, 2.05) is 0 Å². The second-order valence-electron chi connectivity index (χ2n) is 6.60. The maximum Gasteiger partial charge on any atom is 0.0373 e. The number of hydrogen-bond donors (Lipinski definition) is 1. The smallest absolute Gasteiger partial charge is 0.0373 e. The SMILES string of the molecule is CC(N(C)C1CNc2ccccc2C1)C(C)(C)C. The molecule has 1 aromatic rings. The lowest BCUT2D eigenvalue weighted by molar-refractivity contribution is 0.100. The zero-order valence-corrected chi connectivity index (χ0v) is 12.3. The third-order valence-corrected chi connectivity index (χ3v) is 4.44. The second-order valence-corrected chi connectivity index (χ2v) is 6.60. The highest BCUT2D eigenvalue weighted by atomic mass is 15.2. The van der Waals surface area contributed by atoms with Gasteiger partial charge in [0.25, 0.3) is 0 Å². The molecule has 2 nitrogen and oxygen atoms in total. The summed E-state index contributed by atoms with van der Waals surface area (Å²) in [4.78, 5) is 2.53. The molecule has 1 aliphatic heterocycles. The molecule has 1 aliphatic rings. The van der Waals surface area contributed by atoms with Crippen LogP contribution in [0.1, 0.15) is 33.3 Å². The van der Waals surface area contributed by atoms with E-state index in [9.17, 15) is 0 Å². The van der Waals surface area contributed by atoms with Crippen molar-refractivity contribution in [1.82, 2.24) is 4.90 Å².